The molecule has 0 bridgehead atoms. The van der Waals surface area contributed by atoms with E-state index >= 15 is 0 Å². The van der Waals surface area contributed by atoms with Crippen LogP contribution in [0.1, 0.15) is 57.6 Å². The van der Waals surface area contributed by atoms with Gasteiger partial charge in [0.1, 0.15) is 0 Å². The highest BCUT2D eigenvalue weighted by Gasteiger charge is 2.31. The predicted molar refractivity (Wildman–Crippen MR) is 141 cm³/mol. The van der Waals surface area contributed by atoms with E-state index in [0.717, 1.165) is 48.1 Å². The van der Waals surface area contributed by atoms with Crippen molar-refractivity contribution < 1.29 is 13.2 Å². The summed E-state index contributed by atoms with van der Waals surface area (Å²) in [6, 6.07) is 3.56. The second-order valence-electron chi connectivity index (χ2n) is 9.28. The first kappa shape index (κ1) is 26.8. The summed E-state index contributed by atoms with van der Waals surface area (Å²) in [5.74, 6) is 0.477. The molecule has 0 aliphatic heterocycles. The van der Waals surface area contributed by atoms with Crippen LogP contribution in [-0.2, 0) is 6.18 Å². The number of hydrogen-bond donors (Lipinski definition) is 2. The Morgan fingerprint density at radius 2 is 1.91 bits per heavy atom. The van der Waals surface area contributed by atoms with E-state index in [-0.39, 0.29) is 11.1 Å². The minimum atomic E-state index is -4.45. The lowest BCUT2D eigenvalue weighted by Crippen LogP contribution is -2.30. The topological polar surface area (TPSA) is 35.9 Å². The van der Waals surface area contributed by atoms with E-state index in [1.807, 2.05) is 19.2 Å². The first-order valence-corrected chi connectivity index (χ1v) is 12.3. The van der Waals surface area contributed by atoms with Gasteiger partial charge in [-0.3, -0.25) is 0 Å². The molecule has 1 aromatic rings. The highest BCUT2D eigenvalue weighted by Crippen LogP contribution is 2.38. The van der Waals surface area contributed by atoms with Crippen molar-refractivity contribution in [1.29, 1.82) is 5.41 Å². The summed E-state index contributed by atoms with van der Waals surface area (Å²) in [6.07, 6.45) is 10.5. The molecule has 2 nitrogen and oxygen atoms in total. The summed E-state index contributed by atoms with van der Waals surface area (Å²) in [4.78, 5) is 0. The van der Waals surface area contributed by atoms with Crippen LogP contribution in [0.3, 0.4) is 0 Å². The Bertz CT molecular complexity index is 1150. The van der Waals surface area contributed by atoms with E-state index in [1.165, 1.54) is 17.2 Å². The van der Waals surface area contributed by atoms with Crippen LogP contribution in [0.4, 0.5) is 13.2 Å². The number of rotatable bonds is 8. The second kappa shape index (κ2) is 11.3. The summed E-state index contributed by atoms with van der Waals surface area (Å²) in [7, 11) is 0. The van der Waals surface area contributed by atoms with E-state index in [1.54, 1.807) is 12.2 Å². The molecule has 0 heterocycles. The fourth-order valence-electron chi connectivity index (χ4n) is 4.48. The van der Waals surface area contributed by atoms with Crippen LogP contribution in [-0.4, -0.2) is 11.8 Å². The first-order chi connectivity index (χ1) is 16.5. The highest BCUT2D eigenvalue weighted by molar-refractivity contribution is 6.33. The first-order valence-electron chi connectivity index (χ1n) is 11.9. The third kappa shape index (κ3) is 6.46. The number of halogens is 4. The third-order valence-corrected chi connectivity index (χ3v) is 6.67. The molecule has 0 saturated carbocycles. The molecule has 2 aliphatic carbocycles. The van der Waals surface area contributed by atoms with E-state index in [4.69, 9.17) is 17.0 Å². The van der Waals surface area contributed by atoms with Gasteiger partial charge in [-0.2, -0.15) is 13.2 Å². The molecular formula is C29H32ClF3N2. The lowest BCUT2D eigenvalue weighted by Gasteiger charge is -2.27. The van der Waals surface area contributed by atoms with Crippen molar-refractivity contribution in [2.45, 2.75) is 58.7 Å². The molecule has 0 saturated heterocycles. The van der Waals surface area contributed by atoms with Gasteiger partial charge in [0.2, 0.25) is 0 Å². The maximum atomic E-state index is 13.1. The Kier molecular flexibility index (Phi) is 8.65. The van der Waals surface area contributed by atoms with Gasteiger partial charge in [0, 0.05) is 28.4 Å². The van der Waals surface area contributed by atoms with Gasteiger partial charge in [-0.15, -0.1) is 0 Å². The summed E-state index contributed by atoms with van der Waals surface area (Å²) in [5.41, 5.74) is 5.00. The summed E-state index contributed by atoms with van der Waals surface area (Å²) in [5, 5.41) is 12.1. The van der Waals surface area contributed by atoms with Crippen LogP contribution in [0.25, 0.3) is 5.57 Å². The molecule has 1 unspecified atom stereocenters. The van der Waals surface area contributed by atoms with Crippen molar-refractivity contribution in [3.63, 3.8) is 0 Å². The Labute approximate surface area is 211 Å². The van der Waals surface area contributed by atoms with Gasteiger partial charge in [-0.05, 0) is 72.1 Å². The molecule has 6 heteroatoms. The number of nitrogens with one attached hydrogen (secondary N) is 2. The van der Waals surface area contributed by atoms with Gasteiger partial charge in [0.25, 0.3) is 0 Å². The molecule has 2 N–H and O–H groups in total. The van der Waals surface area contributed by atoms with Crippen molar-refractivity contribution in [2.75, 3.05) is 0 Å². The molecule has 0 radical (unpaired) electrons. The normalized spacial score (nSPS) is 18.6. The maximum absolute atomic E-state index is 13.1. The van der Waals surface area contributed by atoms with Crippen molar-refractivity contribution in [3.05, 3.63) is 99.8 Å². The van der Waals surface area contributed by atoms with Crippen molar-refractivity contribution in [3.8, 4) is 0 Å². The second-order valence-corrected chi connectivity index (χ2v) is 9.69. The minimum absolute atomic E-state index is 0.0426. The molecule has 0 amide bonds. The number of benzene rings is 1. The zero-order valence-electron chi connectivity index (χ0n) is 20.4. The van der Waals surface area contributed by atoms with Crippen LogP contribution in [0.2, 0.25) is 5.02 Å². The molecule has 35 heavy (non-hydrogen) atoms. The SMILES string of the molecule is C=CC1=CC=C(C(CC(C)C)N/C=C2\C(=N)C=CC(c3ccc(C(F)(F)F)cc3Cl)=C2CC)CC1. The van der Waals surface area contributed by atoms with E-state index in [9.17, 15) is 13.2 Å². The van der Waals surface area contributed by atoms with Crippen molar-refractivity contribution >= 4 is 22.9 Å². The zero-order valence-corrected chi connectivity index (χ0v) is 21.2. The van der Waals surface area contributed by atoms with Gasteiger partial charge in [0.05, 0.1) is 11.3 Å². The Hall–Kier alpha value is -2.79. The van der Waals surface area contributed by atoms with Gasteiger partial charge < -0.3 is 10.7 Å². The summed E-state index contributed by atoms with van der Waals surface area (Å²) >= 11 is 6.31. The molecule has 1 atom stereocenters. The summed E-state index contributed by atoms with van der Waals surface area (Å²) in [6.45, 7) is 10.2. The fraction of sp³-hybridized carbons (Fsp3) is 0.345. The van der Waals surface area contributed by atoms with Crippen molar-refractivity contribution in [1.82, 2.24) is 5.32 Å². The van der Waals surface area contributed by atoms with Gasteiger partial charge in [-0.1, -0.05) is 69.3 Å². The fourth-order valence-corrected chi connectivity index (χ4v) is 4.77. The van der Waals surface area contributed by atoms with Gasteiger partial charge >= 0.3 is 6.18 Å². The highest BCUT2D eigenvalue weighted by atomic mass is 35.5. The lowest BCUT2D eigenvalue weighted by molar-refractivity contribution is -0.137. The average Bonchev–Trinajstić information content (AvgIpc) is 2.81. The standard InChI is InChI=1S/C29H32ClF3N2/c1-5-19-7-9-20(10-8-19)28(15-18(3)4)35-17-25-22(6-2)23(13-14-27(25)34)24-12-11-21(16-26(24)30)29(31,32)33/h5,7,9,11-14,16-18,28,34-35H,1,6,8,10,15H2,2-4H3/b25-17-,34-27?. The minimum Gasteiger partial charge on any atom is -0.384 e. The third-order valence-electron chi connectivity index (χ3n) is 6.36. The molecular weight excluding hydrogens is 469 g/mol. The maximum Gasteiger partial charge on any atom is 0.416 e. The van der Waals surface area contributed by atoms with E-state index in [0.29, 0.717) is 23.6 Å². The summed E-state index contributed by atoms with van der Waals surface area (Å²) < 4.78 is 39.3. The molecule has 0 aromatic heterocycles. The molecule has 2 aliphatic rings. The monoisotopic (exact) mass is 500 g/mol. The molecule has 3 rings (SSSR count). The van der Waals surface area contributed by atoms with Crippen LogP contribution in [0.5, 0.6) is 0 Å². The van der Waals surface area contributed by atoms with Crippen LogP contribution in [0, 0.1) is 11.3 Å². The Balaban J connectivity index is 1.98. The van der Waals surface area contributed by atoms with Gasteiger partial charge in [0.15, 0.2) is 0 Å². The smallest absolute Gasteiger partial charge is 0.384 e. The zero-order chi connectivity index (χ0) is 25.8. The lowest BCUT2D eigenvalue weighted by atomic mass is 9.85. The Morgan fingerprint density at radius 3 is 2.46 bits per heavy atom. The molecule has 1 aromatic carbocycles. The number of allylic oxidation sites excluding steroid dienone is 9. The van der Waals surface area contributed by atoms with E-state index < -0.39 is 11.7 Å². The van der Waals surface area contributed by atoms with Crippen molar-refractivity contribution in [2.24, 2.45) is 5.92 Å². The number of hydrogen-bond acceptors (Lipinski definition) is 2. The van der Waals surface area contributed by atoms with E-state index in [2.05, 4.69) is 37.9 Å². The van der Waals surface area contributed by atoms with Crippen LogP contribution < -0.4 is 5.32 Å². The molecule has 0 fully saturated rings. The quantitative estimate of drug-likeness (QED) is 0.367. The largest absolute Gasteiger partial charge is 0.416 e. The van der Waals surface area contributed by atoms with Gasteiger partial charge in [-0.25, -0.2) is 0 Å². The predicted octanol–water partition coefficient (Wildman–Crippen LogP) is 8.83. The van der Waals surface area contributed by atoms with Crippen LogP contribution >= 0.6 is 11.6 Å². The van der Waals surface area contributed by atoms with Crippen LogP contribution in [0.15, 0.2) is 83.7 Å². The average molecular weight is 501 g/mol. The molecule has 0 spiro atoms. The Morgan fingerprint density at radius 1 is 1.17 bits per heavy atom. The number of alkyl halides is 3. The molecule has 186 valence electrons.